The first-order valence-corrected chi connectivity index (χ1v) is 9.45. The minimum absolute atomic E-state index is 0.0596. The van der Waals surface area contributed by atoms with Gasteiger partial charge in [-0.05, 0) is 58.7 Å². The first-order valence-electron chi connectivity index (χ1n) is 8.66. The van der Waals surface area contributed by atoms with E-state index in [1.807, 2.05) is 19.1 Å². The zero-order valence-electron chi connectivity index (χ0n) is 15.7. The molecule has 0 unspecified atom stereocenters. The van der Waals surface area contributed by atoms with E-state index in [0.717, 1.165) is 11.6 Å². The van der Waals surface area contributed by atoms with E-state index in [2.05, 4.69) is 26.6 Å². The molecular weight excluding hydrogens is 431 g/mol. The second kappa shape index (κ2) is 10.8. The van der Waals surface area contributed by atoms with E-state index >= 15 is 0 Å². The Balaban J connectivity index is 1.88. The molecule has 8 heteroatoms. The highest BCUT2D eigenvalue weighted by molar-refractivity contribution is 9.10. The molecule has 2 amide bonds. The van der Waals surface area contributed by atoms with Crippen molar-refractivity contribution in [3.05, 3.63) is 57.8 Å². The minimum Gasteiger partial charge on any atom is -0.489 e. The molecule has 0 aliphatic rings. The maximum atomic E-state index is 13.3. The van der Waals surface area contributed by atoms with Gasteiger partial charge in [-0.25, -0.2) is 4.39 Å². The summed E-state index contributed by atoms with van der Waals surface area (Å²) in [6.45, 7) is 2.83. The normalized spacial score (nSPS) is 10.4. The number of benzene rings is 2. The highest BCUT2D eigenvalue weighted by atomic mass is 79.9. The van der Waals surface area contributed by atoms with Gasteiger partial charge in [0.15, 0.2) is 0 Å². The first kappa shape index (κ1) is 21.8. The maximum Gasteiger partial charge on any atom is 0.252 e. The van der Waals surface area contributed by atoms with Gasteiger partial charge in [0.05, 0.1) is 17.9 Å². The van der Waals surface area contributed by atoms with E-state index in [4.69, 9.17) is 9.47 Å². The molecule has 2 rings (SSSR count). The minimum atomic E-state index is -0.508. The van der Waals surface area contributed by atoms with Crippen LogP contribution in [0.5, 0.6) is 5.75 Å². The fourth-order valence-corrected chi connectivity index (χ4v) is 2.78. The van der Waals surface area contributed by atoms with Crippen molar-refractivity contribution in [1.82, 2.24) is 5.32 Å². The van der Waals surface area contributed by atoms with Gasteiger partial charge in [-0.2, -0.15) is 0 Å². The van der Waals surface area contributed by atoms with Crippen LogP contribution in [0.2, 0.25) is 0 Å². The quantitative estimate of drug-likeness (QED) is 0.568. The zero-order valence-corrected chi connectivity index (χ0v) is 17.3. The molecular formula is C20H22BrFN2O4. The number of amides is 2. The molecule has 150 valence electrons. The number of hydrogen-bond donors (Lipinski definition) is 2. The van der Waals surface area contributed by atoms with Crippen molar-refractivity contribution in [2.75, 3.05) is 32.2 Å². The highest BCUT2D eigenvalue weighted by Gasteiger charge is 2.13. The van der Waals surface area contributed by atoms with Crippen LogP contribution in [-0.2, 0) is 9.53 Å². The molecule has 0 aromatic heterocycles. The average Bonchev–Trinajstić information content (AvgIpc) is 2.66. The van der Waals surface area contributed by atoms with Crippen LogP contribution in [0.1, 0.15) is 22.3 Å². The van der Waals surface area contributed by atoms with Crippen molar-refractivity contribution < 1.29 is 23.5 Å². The van der Waals surface area contributed by atoms with Gasteiger partial charge in [-0.3, -0.25) is 9.59 Å². The van der Waals surface area contributed by atoms with Gasteiger partial charge in [0.2, 0.25) is 5.91 Å². The van der Waals surface area contributed by atoms with Gasteiger partial charge in [-0.15, -0.1) is 0 Å². The SMILES string of the molecule is COCCOc1cc(C)ccc1NC(=O)CCNC(=O)c1cc(F)ccc1Br. The van der Waals surface area contributed by atoms with Gasteiger partial charge in [0.1, 0.15) is 18.2 Å². The highest BCUT2D eigenvalue weighted by Crippen LogP contribution is 2.26. The largest absolute Gasteiger partial charge is 0.489 e. The third kappa shape index (κ3) is 6.61. The Kier molecular flexibility index (Phi) is 8.41. The van der Waals surface area contributed by atoms with Crippen LogP contribution in [0.4, 0.5) is 10.1 Å². The molecule has 2 aromatic rings. The van der Waals surface area contributed by atoms with Gasteiger partial charge >= 0.3 is 0 Å². The smallest absolute Gasteiger partial charge is 0.252 e. The molecule has 0 spiro atoms. The number of methoxy groups -OCH3 is 1. The number of hydrogen-bond acceptors (Lipinski definition) is 4. The zero-order chi connectivity index (χ0) is 20.5. The molecule has 0 heterocycles. The average molecular weight is 453 g/mol. The number of anilines is 1. The molecule has 2 aromatic carbocycles. The van der Waals surface area contributed by atoms with Crippen LogP contribution < -0.4 is 15.4 Å². The molecule has 0 aliphatic heterocycles. The van der Waals surface area contributed by atoms with Crippen molar-refractivity contribution in [3.8, 4) is 5.75 Å². The molecule has 0 atom stereocenters. The van der Waals surface area contributed by atoms with E-state index in [9.17, 15) is 14.0 Å². The summed E-state index contributed by atoms with van der Waals surface area (Å²) in [5.41, 5.74) is 1.72. The third-order valence-corrected chi connectivity index (χ3v) is 4.46. The summed E-state index contributed by atoms with van der Waals surface area (Å²) in [6, 6.07) is 9.30. The molecule has 0 fully saturated rings. The number of rotatable bonds is 9. The summed E-state index contributed by atoms with van der Waals surface area (Å²) in [5.74, 6) is -0.693. The number of carbonyl (C=O) groups is 2. The van der Waals surface area contributed by atoms with Crippen molar-refractivity contribution in [2.24, 2.45) is 0 Å². The molecule has 0 radical (unpaired) electrons. The number of aryl methyl sites for hydroxylation is 1. The van der Waals surface area contributed by atoms with Gasteiger partial charge in [0, 0.05) is 24.5 Å². The van der Waals surface area contributed by atoms with Crippen molar-refractivity contribution in [3.63, 3.8) is 0 Å². The lowest BCUT2D eigenvalue weighted by atomic mass is 10.2. The Bertz CT molecular complexity index is 845. The van der Waals surface area contributed by atoms with Crippen molar-refractivity contribution in [2.45, 2.75) is 13.3 Å². The second-order valence-electron chi connectivity index (χ2n) is 6.02. The predicted octanol–water partition coefficient (Wildman–Crippen LogP) is 3.68. The number of ether oxygens (including phenoxy) is 2. The second-order valence-corrected chi connectivity index (χ2v) is 6.87. The lowest BCUT2D eigenvalue weighted by Crippen LogP contribution is -2.28. The van der Waals surface area contributed by atoms with Crippen molar-refractivity contribution in [1.29, 1.82) is 0 Å². The van der Waals surface area contributed by atoms with E-state index in [0.29, 0.717) is 29.1 Å². The van der Waals surface area contributed by atoms with Crippen molar-refractivity contribution >= 4 is 33.4 Å². The van der Waals surface area contributed by atoms with Crippen LogP contribution in [0.3, 0.4) is 0 Å². The lowest BCUT2D eigenvalue weighted by Gasteiger charge is -2.13. The van der Waals surface area contributed by atoms with E-state index in [1.165, 1.54) is 12.1 Å². The summed E-state index contributed by atoms with van der Waals surface area (Å²) in [5, 5.41) is 5.38. The standard InChI is InChI=1S/C20H22BrFN2O4/c1-13-3-6-17(18(11-13)28-10-9-27-2)24-19(25)7-8-23-20(26)15-12-14(22)4-5-16(15)21/h3-6,11-12H,7-10H2,1-2H3,(H,23,26)(H,24,25). The topological polar surface area (TPSA) is 76.7 Å². The summed E-state index contributed by atoms with van der Waals surface area (Å²) < 4.78 is 24.4. The Morgan fingerprint density at radius 2 is 1.93 bits per heavy atom. The summed E-state index contributed by atoms with van der Waals surface area (Å²) in [7, 11) is 1.58. The summed E-state index contributed by atoms with van der Waals surface area (Å²) >= 11 is 3.21. The summed E-state index contributed by atoms with van der Waals surface area (Å²) in [6.07, 6.45) is 0.0596. The van der Waals surface area contributed by atoms with Crippen LogP contribution in [-0.4, -0.2) is 38.7 Å². The van der Waals surface area contributed by atoms with Gasteiger partial charge in [0.25, 0.3) is 5.91 Å². The maximum absolute atomic E-state index is 13.3. The Hall–Kier alpha value is -2.45. The fourth-order valence-electron chi connectivity index (χ4n) is 2.36. The Morgan fingerprint density at radius 1 is 1.14 bits per heavy atom. The number of nitrogens with one attached hydrogen (secondary N) is 2. The molecule has 0 saturated heterocycles. The Labute approximate surface area is 171 Å². The molecule has 0 aliphatic carbocycles. The van der Waals surface area contributed by atoms with Gasteiger partial charge < -0.3 is 20.1 Å². The monoisotopic (exact) mass is 452 g/mol. The lowest BCUT2D eigenvalue weighted by molar-refractivity contribution is -0.116. The summed E-state index contributed by atoms with van der Waals surface area (Å²) in [4.78, 5) is 24.3. The predicted molar refractivity (Wildman–Crippen MR) is 108 cm³/mol. The number of carbonyl (C=O) groups excluding carboxylic acids is 2. The van der Waals surface area contributed by atoms with E-state index < -0.39 is 11.7 Å². The van der Waals surface area contributed by atoms with Crippen LogP contribution in [0.25, 0.3) is 0 Å². The van der Waals surface area contributed by atoms with Crippen LogP contribution in [0.15, 0.2) is 40.9 Å². The van der Waals surface area contributed by atoms with Crippen LogP contribution >= 0.6 is 15.9 Å². The molecule has 0 bridgehead atoms. The number of halogens is 2. The molecule has 2 N–H and O–H groups in total. The van der Waals surface area contributed by atoms with E-state index in [1.54, 1.807) is 13.2 Å². The van der Waals surface area contributed by atoms with Crippen LogP contribution in [0, 0.1) is 12.7 Å². The molecule has 6 nitrogen and oxygen atoms in total. The van der Waals surface area contributed by atoms with E-state index in [-0.39, 0.29) is 24.4 Å². The first-order chi connectivity index (χ1) is 13.4. The fraction of sp³-hybridized carbons (Fsp3) is 0.300. The van der Waals surface area contributed by atoms with Gasteiger partial charge in [-0.1, -0.05) is 6.07 Å². The molecule has 28 heavy (non-hydrogen) atoms. The third-order valence-electron chi connectivity index (χ3n) is 3.77. The Morgan fingerprint density at radius 3 is 2.68 bits per heavy atom. The molecule has 0 saturated carbocycles.